The molecule has 4 nitrogen and oxygen atoms in total. The van der Waals surface area contributed by atoms with E-state index in [2.05, 4.69) is 4.90 Å². The maximum Gasteiger partial charge on any atom is 0.257 e. The van der Waals surface area contributed by atoms with E-state index in [0.717, 1.165) is 23.4 Å². The molecule has 27 heavy (non-hydrogen) atoms. The lowest BCUT2D eigenvalue weighted by Gasteiger charge is -2.34. The molecule has 1 heterocycles. The van der Waals surface area contributed by atoms with Crippen molar-refractivity contribution in [2.24, 2.45) is 0 Å². The van der Waals surface area contributed by atoms with Gasteiger partial charge in [0.15, 0.2) is 17.5 Å². The van der Waals surface area contributed by atoms with E-state index in [1.54, 1.807) is 0 Å². The van der Waals surface area contributed by atoms with E-state index in [9.17, 15) is 18.0 Å². The van der Waals surface area contributed by atoms with Crippen molar-refractivity contribution in [1.29, 1.82) is 0 Å². The molecule has 1 fully saturated rings. The molecule has 1 aliphatic heterocycles. The first kappa shape index (κ1) is 19.2. The molecule has 0 spiro atoms. The lowest BCUT2D eigenvalue weighted by Crippen LogP contribution is -2.49. The third kappa shape index (κ3) is 4.60. The van der Waals surface area contributed by atoms with Gasteiger partial charge in [-0.3, -0.25) is 9.69 Å². The Kier molecular flexibility index (Phi) is 6.01. The number of aryl methyl sites for hydroxylation is 1. The summed E-state index contributed by atoms with van der Waals surface area (Å²) < 4.78 is 45.9. The first-order valence-electron chi connectivity index (χ1n) is 8.80. The quantitative estimate of drug-likeness (QED) is 0.749. The van der Waals surface area contributed by atoms with Crippen LogP contribution in [0.2, 0.25) is 0 Å². The van der Waals surface area contributed by atoms with Crippen LogP contribution in [0.1, 0.15) is 15.9 Å². The Morgan fingerprint density at radius 1 is 1.04 bits per heavy atom. The van der Waals surface area contributed by atoms with Crippen LogP contribution in [0.15, 0.2) is 36.4 Å². The minimum Gasteiger partial charge on any atom is -0.492 e. The highest BCUT2D eigenvalue weighted by Gasteiger charge is 2.26. The fraction of sp³-hybridized carbons (Fsp3) is 0.350. The summed E-state index contributed by atoms with van der Waals surface area (Å²) in [6, 6.07) is 9.56. The smallest absolute Gasteiger partial charge is 0.257 e. The Morgan fingerprint density at radius 3 is 2.48 bits per heavy atom. The first-order chi connectivity index (χ1) is 13.0. The van der Waals surface area contributed by atoms with Crippen molar-refractivity contribution in [2.45, 2.75) is 6.92 Å². The SMILES string of the molecule is Cc1cccc(OCCN2CCN(C(=O)c3ccc(F)c(F)c3F)CC2)c1. The fourth-order valence-corrected chi connectivity index (χ4v) is 3.03. The van der Waals surface area contributed by atoms with Gasteiger partial charge in [0.1, 0.15) is 12.4 Å². The molecule has 0 aromatic heterocycles. The van der Waals surface area contributed by atoms with Crippen LogP contribution >= 0.6 is 0 Å². The summed E-state index contributed by atoms with van der Waals surface area (Å²) in [6.07, 6.45) is 0. The lowest BCUT2D eigenvalue weighted by atomic mass is 10.1. The van der Waals surface area contributed by atoms with E-state index < -0.39 is 28.9 Å². The van der Waals surface area contributed by atoms with Crippen molar-refractivity contribution in [1.82, 2.24) is 9.80 Å². The average Bonchev–Trinajstić information content (AvgIpc) is 2.66. The Balaban J connectivity index is 1.48. The molecule has 0 atom stereocenters. The molecular weight excluding hydrogens is 357 g/mol. The summed E-state index contributed by atoms with van der Waals surface area (Å²) in [5.41, 5.74) is 0.689. The van der Waals surface area contributed by atoms with E-state index in [1.807, 2.05) is 31.2 Å². The van der Waals surface area contributed by atoms with Crippen molar-refractivity contribution in [3.05, 3.63) is 65.0 Å². The molecule has 0 unspecified atom stereocenters. The minimum atomic E-state index is -1.62. The molecule has 1 aliphatic rings. The number of rotatable bonds is 5. The van der Waals surface area contributed by atoms with Crippen molar-refractivity contribution < 1.29 is 22.7 Å². The van der Waals surface area contributed by atoms with Crippen LogP contribution < -0.4 is 4.74 Å². The van der Waals surface area contributed by atoms with E-state index in [1.165, 1.54) is 4.90 Å². The third-order valence-electron chi connectivity index (χ3n) is 4.59. The summed E-state index contributed by atoms with van der Waals surface area (Å²) in [7, 11) is 0. The average molecular weight is 378 g/mol. The normalized spacial score (nSPS) is 15.0. The Hall–Kier alpha value is -2.54. The largest absolute Gasteiger partial charge is 0.492 e. The Morgan fingerprint density at radius 2 is 1.78 bits per heavy atom. The number of benzene rings is 2. The number of hydrogen-bond acceptors (Lipinski definition) is 3. The molecule has 7 heteroatoms. The Bertz CT molecular complexity index is 821. The second-order valence-electron chi connectivity index (χ2n) is 6.52. The van der Waals surface area contributed by atoms with Gasteiger partial charge in [0.05, 0.1) is 5.56 Å². The second-order valence-corrected chi connectivity index (χ2v) is 6.52. The number of carbonyl (C=O) groups excluding carboxylic acids is 1. The van der Waals surface area contributed by atoms with Gasteiger partial charge in [0, 0.05) is 32.7 Å². The molecule has 0 aliphatic carbocycles. The molecular formula is C20H21F3N2O2. The second kappa shape index (κ2) is 8.43. The number of carbonyl (C=O) groups is 1. The predicted octanol–water partition coefficient (Wildman–Crippen LogP) is 3.25. The van der Waals surface area contributed by atoms with Crippen molar-refractivity contribution >= 4 is 5.91 Å². The zero-order valence-electron chi connectivity index (χ0n) is 15.1. The molecule has 0 bridgehead atoms. The van der Waals surface area contributed by atoms with Crippen LogP contribution in [0.5, 0.6) is 5.75 Å². The van der Waals surface area contributed by atoms with Crippen LogP contribution in [0.3, 0.4) is 0 Å². The van der Waals surface area contributed by atoms with Gasteiger partial charge in [0.2, 0.25) is 0 Å². The third-order valence-corrected chi connectivity index (χ3v) is 4.59. The van der Waals surface area contributed by atoms with Gasteiger partial charge in [0.25, 0.3) is 5.91 Å². The molecule has 2 aromatic carbocycles. The van der Waals surface area contributed by atoms with Gasteiger partial charge in [-0.25, -0.2) is 13.2 Å². The standard InChI is InChI=1S/C20H21F3N2O2/c1-14-3-2-4-15(13-14)27-12-11-24-7-9-25(10-8-24)20(26)16-5-6-17(21)19(23)18(16)22/h2-6,13H,7-12H2,1H3. The summed E-state index contributed by atoms with van der Waals surface area (Å²) in [6.45, 7) is 5.22. The first-order valence-corrected chi connectivity index (χ1v) is 8.80. The van der Waals surface area contributed by atoms with E-state index in [0.29, 0.717) is 39.3 Å². The summed E-state index contributed by atoms with van der Waals surface area (Å²) in [5, 5.41) is 0. The van der Waals surface area contributed by atoms with E-state index >= 15 is 0 Å². The topological polar surface area (TPSA) is 32.8 Å². The number of piperazine rings is 1. The van der Waals surface area contributed by atoms with Crippen LogP contribution in [0.25, 0.3) is 0 Å². The van der Waals surface area contributed by atoms with Gasteiger partial charge in [-0.2, -0.15) is 0 Å². The van der Waals surface area contributed by atoms with Gasteiger partial charge in [-0.1, -0.05) is 12.1 Å². The molecule has 0 radical (unpaired) electrons. The number of halogens is 3. The predicted molar refractivity (Wildman–Crippen MR) is 95.3 cm³/mol. The van der Waals surface area contributed by atoms with Gasteiger partial charge < -0.3 is 9.64 Å². The van der Waals surface area contributed by atoms with Crippen molar-refractivity contribution in [2.75, 3.05) is 39.3 Å². The zero-order chi connectivity index (χ0) is 19.4. The molecule has 1 amide bonds. The van der Waals surface area contributed by atoms with Crippen LogP contribution in [0, 0.1) is 24.4 Å². The maximum absolute atomic E-state index is 13.8. The highest BCUT2D eigenvalue weighted by Crippen LogP contribution is 2.18. The summed E-state index contributed by atoms with van der Waals surface area (Å²) in [4.78, 5) is 16.0. The molecule has 144 valence electrons. The molecule has 0 N–H and O–H groups in total. The summed E-state index contributed by atoms with van der Waals surface area (Å²) >= 11 is 0. The number of hydrogen-bond donors (Lipinski definition) is 0. The van der Waals surface area contributed by atoms with Crippen LogP contribution in [-0.2, 0) is 0 Å². The zero-order valence-corrected chi connectivity index (χ0v) is 15.1. The van der Waals surface area contributed by atoms with E-state index in [-0.39, 0.29) is 0 Å². The summed E-state index contributed by atoms with van der Waals surface area (Å²) in [5.74, 6) is -4.16. The minimum absolute atomic E-state index is 0.391. The highest BCUT2D eigenvalue weighted by molar-refractivity contribution is 5.94. The number of nitrogens with zero attached hydrogens (tertiary/aromatic N) is 2. The Labute approximate surface area is 156 Å². The monoisotopic (exact) mass is 378 g/mol. The van der Waals surface area contributed by atoms with Gasteiger partial charge in [-0.05, 0) is 36.8 Å². The molecule has 2 aromatic rings. The molecule has 0 saturated carbocycles. The van der Waals surface area contributed by atoms with Crippen LogP contribution in [0.4, 0.5) is 13.2 Å². The number of ether oxygens (including phenoxy) is 1. The van der Waals surface area contributed by atoms with Crippen LogP contribution in [-0.4, -0.2) is 55.0 Å². The molecule has 1 saturated heterocycles. The highest BCUT2D eigenvalue weighted by atomic mass is 19.2. The van der Waals surface area contributed by atoms with E-state index in [4.69, 9.17) is 4.74 Å². The fourth-order valence-electron chi connectivity index (χ4n) is 3.03. The number of amides is 1. The lowest BCUT2D eigenvalue weighted by molar-refractivity contribution is 0.0614. The molecule has 3 rings (SSSR count). The van der Waals surface area contributed by atoms with Crippen molar-refractivity contribution in [3.63, 3.8) is 0 Å². The van der Waals surface area contributed by atoms with Gasteiger partial charge in [-0.15, -0.1) is 0 Å². The van der Waals surface area contributed by atoms with Gasteiger partial charge >= 0.3 is 0 Å². The maximum atomic E-state index is 13.8. The van der Waals surface area contributed by atoms with Crippen molar-refractivity contribution in [3.8, 4) is 5.75 Å².